The summed E-state index contributed by atoms with van der Waals surface area (Å²) < 4.78 is 29.7. The van der Waals surface area contributed by atoms with Gasteiger partial charge in [-0.05, 0) is 6.92 Å². The van der Waals surface area contributed by atoms with E-state index in [0.717, 1.165) is 5.75 Å². The van der Waals surface area contributed by atoms with Crippen molar-refractivity contribution in [2.75, 3.05) is 28.7 Å². The molecule has 1 fully saturated rings. The number of hydrogen-bond acceptors (Lipinski definition) is 7. The Hall–Kier alpha value is -0.470. The summed E-state index contributed by atoms with van der Waals surface area (Å²) in [7, 11) is -3.19. The maximum absolute atomic E-state index is 12.1. The van der Waals surface area contributed by atoms with Crippen LogP contribution in [0.3, 0.4) is 0 Å². The van der Waals surface area contributed by atoms with E-state index in [-0.39, 0.29) is 17.1 Å². The zero-order chi connectivity index (χ0) is 14.0. The van der Waals surface area contributed by atoms with E-state index in [9.17, 15) is 8.42 Å². The Kier molecular flexibility index (Phi) is 4.62. The summed E-state index contributed by atoms with van der Waals surface area (Å²) in [5, 5.41) is 6.76. The van der Waals surface area contributed by atoms with Crippen LogP contribution in [0, 0.1) is 0 Å². The van der Waals surface area contributed by atoms with Gasteiger partial charge in [-0.15, -0.1) is 16.7 Å². The van der Waals surface area contributed by atoms with Gasteiger partial charge in [0, 0.05) is 23.8 Å². The van der Waals surface area contributed by atoms with Gasteiger partial charge < -0.3 is 9.32 Å². The highest BCUT2D eigenvalue weighted by atomic mass is 35.5. The molecular formula is C10H16ClN3O3S2. The predicted molar refractivity (Wildman–Crippen MR) is 76.5 cm³/mol. The number of halogens is 1. The number of anilines is 1. The third kappa shape index (κ3) is 3.17. The van der Waals surface area contributed by atoms with Crippen molar-refractivity contribution in [3.63, 3.8) is 0 Å². The molecule has 6 nitrogen and oxygen atoms in total. The van der Waals surface area contributed by atoms with Crippen molar-refractivity contribution < 1.29 is 12.8 Å². The molecule has 2 unspecified atom stereocenters. The number of thioether (sulfide) groups is 1. The second-order valence-electron chi connectivity index (χ2n) is 4.21. The zero-order valence-electron chi connectivity index (χ0n) is 10.7. The van der Waals surface area contributed by atoms with Crippen molar-refractivity contribution in [3.05, 3.63) is 5.89 Å². The fraction of sp³-hybridized carbons (Fsp3) is 0.800. The van der Waals surface area contributed by atoms with Crippen molar-refractivity contribution in [1.82, 2.24) is 10.2 Å². The van der Waals surface area contributed by atoms with Gasteiger partial charge in [0.1, 0.15) is 10.8 Å². The van der Waals surface area contributed by atoms with Gasteiger partial charge in [0.05, 0.1) is 0 Å². The Labute approximate surface area is 121 Å². The topological polar surface area (TPSA) is 76.3 Å². The van der Waals surface area contributed by atoms with E-state index in [0.29, 0.717) is 18.2 Å². The van der Waals surface area contributed by atoms with Gasteiger partial charge in [-0.2, -0.15) is 11.8 Å². The Balaban J connectivity index is 2.29. The van der Waals surface area contributed by atoms with Crippen LogP contribution in [0.5, 0.6) is 0 Å². The Morgan fingerprint density at radius 1 is 1.58 bits per heavy atom. The van der Waals surface area contributed by atoms with E-state index in [1.165, 1.54) is 0 Å². The van der Waals surface area contributed by atoms with Crippen molar-refractivity contribution in [2.24, 2.45) is 0 Å². The number of nitrogens with zero attached hydrogens (tertiary/aromatic N) is 3. The van der Waals surface area contributed by atoms with Crippen LogP contribution in [0.15, 0.2) is 4.42 Å². The SMILES string of the molecule is CCS(=O)(=O)C1CSCCN1c1nnc(C(C)Cl)o1. The maximum Gasteiger partial charge on any atom is 0.319 e. The third-order valence-corrected chi connectivity index (χ3v) is 6.39. The molecule has 0 aliphatic carbocycles. The second-order valence-corrected chi connectivity index (χ2v) is 8.47. The highest BCUT2D eigenvalue weighted by Crippen LogP contribution is 2.28. The number of alkyl halides is 1. The van der Waals surface area contributed by atoms with E-state index in [2.05, 4.69) is 10.2 Å². The molecular weight excluding hydrogens is 310 g/mol. The van der Waals surface area contributed by atoms with Gasteiger partial charge in [0.25, 0.3) is 0 Å². The van der Waals surface area contributed by atoms with Crippen molar-refractivity contribution >= 4 is 39.2 Å². The van der Waals surface area contributed by atoms with Crippen LogP contribution in [0.4, 0.5) is 6.01 Å². The average Bonchev–Trinajstić information content (AvgIpc) is 2.88. The normalized spacial score (nSPS) is 22.5. The summed E-state index contributed by atoms with van der Waals surface area (Å²) in [6.07, 6.45) is 0. The zero-order valence-corrected chi connectivity index (χ0v) is 13.1. The van der Waals surface area contributed by atoms with Gasteiger partial charge in [0.2, 0.25) is 5.89 Å². The molecule has 0 spiro atoms. The molecule has 1 saturated heterocycles. The summed E-state index contributed by atoms with van der Waals surface area (Å²) in [6, 6.07) is 0.241. The molecule has 0 bridgehead atoms. The third-order valence-electron chi connectivity index (χ3n) is 2.92. The molecule has 1 aliphatic rings. The highest BCUT2D eigenvalue weighted by molar-refractivity contribution is 8.01. The minimum atomic E-state index is -3.19. The molecule has 0 saturated carbocycles. The first-order valence-electron chi connectivity index (χ1n) is 5.99. The van der Waals surface area contributed by atoms with Crippen LogP contribution in [0.25, 0.3) is 0 Å². The largest absolute Gasteiger partial charge is 0.406 e. The van der Waals surface area contributed by atoms with Crippen LogP contribution in [-0.4, -0.2) is 47.8 Å². The van der Waals surface area contributed by atoms with Crippen LogP contribution in [0.2, 0.25) is 0 Å². The molecule has 0 radical (unpaired) electrons. The average molecular weight is 326 g/mol. The van der Waals surface area contributed by atoms with Crippen LogP contribution in [0.1, 0.15) is 25.1 Å². The molecule has 19 heavy (non-hydrogen) atoms. The predicted octanol–water partition coefficient (Wildman–Crippen LogP) is 1.68. The van der Waals surface area contributed by atoms with Gasteiger partial charge in [-0.1, -0.05) is 12.0 Å². The summed E-state index contributed by atoms with van der Waals surface area (Å²) in [6.45, 7) is 3.95. The quantitative estimate of drug-likeness (QED) is 0.779. The molecule has 0 amide bonds. The summed E-state index contributed by atoms with van der Waals surface area (Å²) in [5.74, 6) is 1.76. The van der Waals surface area contributed by atoms with Gasteiger partial charge in [0.15, 0.2) is 9.84 Å². The fourth-order valence-corrected chi connectivity index (χ4v) is 4.84. The van der Waals surface area contributed by atoms with E-state index >= 15 is 0 Å². The molecule has 2 heterocycles. The molecule has 1 aromatic rings. The van der Waals surface area contributed by atoms with Crippen molar-refractivity contribution in [3.8, 4) is 0 Å². The minimum Gasteiger partial charge on any atom is -0.406 e. The minimum absolute atomic E-state index is 0.0988. The smallest absolute Gasteiger partial charge is 0.319 e. The Morgan fingerprint density at radius 3 is 2.89 bits per heavy atom. The van der Waals surface area contributed by atoms with E-state index in [1.807, 2.05) is 0 Å². The van der Waals surface area contributed by atoms with Gasteiger partial charge >= 0.3 is 6.01 Å². The first kappa shape index (κ1) is 14.9. The van der Waals surface area contributed by atoms with Crippen LogP contribution >= 0.6 is 23.4 Å². The molecule has 1 aliphatic heterocycles. The molecule has 2 rings (SSSR count). The monoisotopic (exact) mass is 325 g/mol. The van der Waals surface area contributed by atoms with Crippen LogP contribution in [-0.2, 0) is 9.84 Å². The first-order valence-corrected chi connectivity index (χ1v) is 9.29. The summed E-state index contributed by atoms with van der Waals surface area (Å²) in [5.41, 5.74) is 0. The second kappa shape index (κ2) is 5.88. The first-order chi connectivity index (χ1) is 8.95. The number of hydrogen-bond donors (Lipinski definition) is 0. The van der Waals surface area contributed by atoms with E-state index in [4.69, 9.17) is 16.0 Å². The van der Waals surface area contributed by atoms with E-state index < -0.39 is 15.2 Å². The molecule has 1 aromatic heterocycles. The molecule has 108 valence electrons. The lowest BCUT2D eigenvalue weighted by Crippen LogP contribution is -2.48. The standard InChI is InChI=1S/C10H16ClN3O3S2/c1-3-19(15,16)8-6-18-5-4-14(8)10-13-12-9(17-10)7(2)11/h7-8H,3-6H2,1-2H3. The number of aromatic nitrogens is 2. The van der Waals surface area contributed by atoms with Gasteiger partial charge in [-0.25, -0.2) is 8.42 Å². The summed E-state index contributed by atoms with van der Waals surface area (Å²) in [4.78, 5) is 1.67. The summed E-state index contributed by atoms with van der Waals surface area (Å²) >= 11 is 7.49. The van der Waals surface area contributed by atoms with Crippen molar-refractivity contribution in [2.45, 2.75) is 24.6 Å². The lowest BCUT2D eigenvalue weighted by molar-refractivity contribution is 0.479. The number of sulfone groups is 1. The lowest BCUT2D eigenvalue weighted by Gasteiger charge is -2.32. The maximum atomic E-state index is 12.1. The molecule has 2 atom stereocenters. The Morgan fingerprint density at radius 2 is 2.32 bits per heavy atom. The van der Waals surface area contributed by atoms with Crippen molar-refractivity contribution in [1.29, 1.82) is 0 Å². The fourth-order valence-electron chi connectivity index (χ4n) is 1.79. The van der Waals surface area contributed by atoms with Crippen LogP contribution < -0.4 is 4.90 Å². The molecule has 9 heteroatoms. The van der Waals surface area contributed by atoms with Gasteiger partial charge in [-0.3, -0.25) is 0 Å². The van der Waals surface area contributed by atoms with E-state index in [1.54, 1.807) is 30.5 Å². The lowest BCUT2D eigenvalue weighted by atomic mass is 10.5. The Bertz CT molecular complexity index is 532. The number of rotatable bonds is 4. The molecule has 0 N–H and O–H groups in total. The highest BCUT2D eigenvalue weighted by Gasteiger charge is 2.35. The molecule has 0 aromatic carbocycles.